The Bertz CT molecular complexity index is 970. The Labute approximate surface area is 143 Å². The van der Waals surface area contributed by atoms with Gasteiger partial charge in [-0.05, 0) is 35.9 Å². The third-order valence-electron chi connectivity index (χ3n) is 3.50. The molecule has 0 saturated heterocycles. The number of carbonyl (C=O) groups is 1. The Kier molecular flexibility index (Phi) is 4.77. The summed E-state index contributed by atoms with van der Waals surface area (Å²) < 4.78 is 8.23. The van der Waals surface area contributed by atoms with Crippen LogP contribution in [-0.2, 0) is 11.8 Å². The van der Waals surface area contributed by atoms with Crippen LogP contribution in [0.4, 0.5) is 0 Å². The molecule has 122 valence electrons. The minimum Gasteiger partial charge on any atom is -0.497 e. The molecule has 0 saturated carbocycles. The van der Waals surface area contributed by atoms with Crippen molar-refractivity contribution in [2.75, 3.05) is 7.11 Å². The molecule has 3 rings (SSSR count). The lowest BCUT2D eigenvalue weighted by Gasteiger charge is -1.99. The highest BCUT2D eigenvalue weighted by molar-refractivity contribution is 7.16. The molecule has 1 aromatic heterocycles. The number of ether oxygens (including phenoxy) is 1. The molecule has 24 heavy (non-hydrogen) atoms. The molecular weight excluding hydrogens is 322 g/mol. The summed E-state index contributed by atoms with van der Waals surface area (Å²) in [4.78, 5) is 12.7. The van der Waals surface area contributed by atoms with E-state index in [1.807, 2.05) is 60.1 Å². The molecule has 2 aromatic carbocycles. The predicted octanol–water partition coefficient (Wildman–Crippen LogP) is 2.89. The highest BCUT2D eigenvalue weighted by Gasteiger charge is 2.01. The number of aryl methyl sites for hydroxylation is 1. The van der Waals surface area contributed by atoms with Crippen LogP contribution in [0.1, 0.15) is 5.56 Å². The number of hydrogen-bond donors (Lipinski definition) is 1. The number of amides is 1. The van der Waals surface area contributed by atoms with Gasteiger partial charge in [0.1, 0.15) is 5.75 Å². The Hall–Kier alpha value is -2.86. The van der Waals surface area contributed by atoms with Crippen molar-refractivity contribution in [2.45, 2.75) is 0 Å². The van der Waals surface area contributed by atoms with Gasteiger partial charge in [0.05, 0.1) is 17.3 Å². The zero-order valence-electron chi connectivity index (χ0n) is 13.4. The number of nitrogens with one attached hydrogen (secondary N) is 1. The van der Waals surface area contributed by atoms with Crippen molar-refractivity contribution in [3.63, 3.8) is 0 Å². The lowest BCUT2D eigenvalue weighted by molar-refractivity contribution is -0.116. The van der Waals surface area contributed by atoms with Gasteiger partial charge in [-0.1, -0.05) is 35.6 Å². The fraction of sp³-hybridized carbons (Fsp3) is 0.111. The Morgan fingerprint density at radius 3 is 2.88 bits per heavy atom. The molecule has 0 atom stereocenters. The second-order valence-corrected chi connectivity index (χ2v) is 6.12. The molecule has 1 amide bonds. The van der Waals surface area contributed by atoms with Crippen LogP contribution < -0.4 is 15.0 Å². The lowest BCUT2D eigenvalue weighted by Crippen LogP contribution is -2.21. The summed E-state index contributed by atoms with van der Waals surface area (Å²) in [6.07, 6.45) is 3.17. The van der Waals surface area contributed by atoms with E-state index in [1.165, 1.54) is 17.4 Å². The van der Waals surface area contributed by atoms with Crippen LogP contribution in [0.2, 0.25) is 0 Å². The number of hydrogen-bond acceptors (Lipinski definition) is 4. The lowest BCUT2D eigenvalue weighted by atomic mass is 10.2. The number of thiazole rings is 1. The van der Waals surface area contributed by atoms with Crippen LogP contribution in [0, 0.1) is 0 Å². The van der Waals surface area contributed by atoms with E-state index in [9.17, 15) is 4.79 Å². The first kappa shape index (κ1) is 16.0. The van der Waals surface area contributed by atoms with Gasteiger partial charge in [-0.3, -0.25) is 4.79 Å². The van der Waals surface area contributed by atoms with E-state index in [4.69, 9.17) is 4.74 Å². The van der Waals surface area contributed by atoms with Crippen molar-refractivity contribution >= 4 is 33.5 Å². The highest BCUT2D eigenvalue weighted by Crippen LogP contribution is 2.15. The van der Waals surface area contributed by atoms with Crippen LogP contribution in [0.3, 0.4) is 0 Å². The third kappa shape index (κ3) is 3.55. The second-order valence-electron chi connectivity index (χ2n) is 5.11. The van der Waals surface area contributed by atoms with E-state index >= 15 is 0 Å². The van der Waals surface area contributed by atoms with Crippen LogP contribution >= 0.6 is 11.3 Å². The van der Waals surface area contributed by atoms with Gasteiger partial charge in [-0.15, -0.1) is 5.10 Å². The standard InChI is InChI=1S/C18H17N3O2S/c1-21-15-8-3-4-9-16(15)24-18(21)20-19-17(22)11-10-13-6-5-7-14(12-13)23-2/h3-12H,1-2H3,(H,19,22)/b11-10+,20-18+. The second kappa shape index (κ2) is 7.14. The quantitative estimate of drug-likeness (QED) is 0.587. The van der Waals surface area contributed by atoms with Gasteiger partial charge in [0, 0.05) is 13.1 Å². The zero-order chi connectivity index (χ0) is 16.9. The SMILES string of the molecule is COc1cccc(/C=C/C(=O)N/N=c2/sc3ccccc3n2C)c1. The van der Waals surface area contributed by atoms with E-state index in [0.717, 1.165) is 26.3 Å². The Morgan fingerprint density at radius 1 is 1.25 bits per heavy atom. The number of aromatic nitrogens is 1. The summed E-state index contributed by atoms with van der Waals surface area (Å²) in [7, 11) is 3.54. The van der Waals surface area contributed by atoms with Gasteiger partial charge in [0.25, 0.3) is 5.91 Å². The van der Waals surface area contributed by atoms with Gasteiger partial charge in [-0.25, -0.2) is 5.43 Å². The molecule has 3 aromatic rings. The van der Waals surface area contributed by atoms with Crippen LogP contribution in [0.15, 0.2) is 59.7 Å². The first-order chi connectivity index (χ1) is 11.7. The van der Waals surface area contributed by atoms with Crippen LogP contribution in [-0.4, -0.2) is 17.6 Å². The number of para-hydroxylation sites is 1. The molecule has 1 N–H and O–H groups in total. The molecule has 5 nitrogen and oxygen atoms in total. The van der Waals surface area contributed by atoms with Gasteiger partial charge < -0.3 is 9.30 Å². The smallest absolute Gasteiger partial charge is 0.264 e. The molecule has 1 heterocycles. The van der Waals surface area contributed by atoms with Crippen molar-refractivity contribution in [1.29, 1.82) is 0 Å². The first-order valence-corrected chi connectivity index (χ1v) is 8.19. The maximum atomic E-state index is 11.9. The first-order valence-electron chi connectivity index (χ1n) is 7.38. The maximum Gasteiger partial charge on any atom is 0.264 e. The van der Waals surface area contributed by atoms with Crippen molar-refractivity contribution in [3.05, 3.63) is 65.0 Å². The van der Waals surface area contributed by atoms with Crippen molar-refractivity contribution in [1.82, 2.24) is 9.99 Å². The summed E-state index contributed by atoms with van der Waals surface area (Å²) in [5, 5.41) is 4.19. The molecule has 0 aliphatic heterocycles. The minimum absolute atomic E-state index is 0.282. The summed E-state index contributed by atoms with van der Waals surface area (Å²) in [6, 6.07) is 15.5. The van der Waals surface area contributed by atoms with Crippen LogP contribution in [0.25, 0.3) is 16.3 Å². The molecule has 0 radical (unpaired) electrons. The number of rotatable bonds is 4. The van der Waals surface area contributed by atoms with E-state index in [-0.39, 0.29) is 5.91 Å². The number of nitrogens with zero attached hydrogens (tertiary/aromatic N) is 2. The molecule has 0 aliphatic rings. The van der Waals surface area contributed by atoms with E-state index < -0.39 is 0 Å². The molecule has 0 bridgehead atoms. The number of benzene rings is 2. The number of fused-ring (bicyclic) bond motifs is 1. The van der Waals surface area contributed by atoms with Gasteiger partial charge in [0.2, 0.25) is 4.80 Å². The van der Waals surface area contributed by atoms with E-state index in [2.05, 4.69) is 10.5 Å². The fourth-order valence-electron chi connectivity index (χ4n) is 2.25. The van der Waals surface area contributed by atoms with Crippen LogP contribution in [0.5, 0.6) is 5.75 Å². The van der Waals surface area contributed by atoms with Crippen molar-refractivity contribution in [2.24, 2.45) is 12.1 Å². The van der Waals surface area contributed by atoms with Gasteiger partial charge >= 0.3 is 0 Å². The maximum absolute atomic E-state index is 11.9. The Balaban J connectivity index is 1.74. The molecular formula is C18H17N3O2S. The van der Waals surface area contributed by atoms with E-state index in [0.29, 0.717) is 0 Å². The summed E-state index contributed by atoms with van der Waals surface area (Å²) in [5.41, 5.74) is 4.53. The zero-order valence-corrected chi connectivity index (χ0v) is 14.2. The van der Waals surface area contributed by atoms with E-state index in [1.54, 1.807) is 13.2 Å². The molecule has 0 aliphatic carbocycles. The largest absolute Gasteiger partial charge is 0.497 e. The normalized spacial score (nSPS) is 12.0. The van der Waals surface area contributed by atoms with Gasteiger partial charge in [-0.2, -0.15) is 0 Å². The predicted molar refractivity (Wildman–Crippen MR) is 96.5 cm³/mol. The average Bonchev–Trinajstić information content (AvgIpc) is 2.94. The number of methoxy groups -OCH3 is 1. The van der Waals surface area contributed by atoms with Crippen molar-refractivity contribution < 1.29 is 9.53 Å². The van der Waals surface area contributed by atoms with Gasteiger partial charge in [0.15, 0.2) is 0 Å². The molecule has 0 fully saturated rings. The molecule has 0 unspecified atom stereocenters. The summed E-state index contributed by atoms with van der Waals surface area (Å²) in [5.74, 6) is 0.467. The fourth-order valence-corrected chi connectivity index (χ4v) is 3.22. The topological polar surface area (TPSA) is 55.6 Å². The highest BCUT2D eigenvalue weighted by atomic mass is 32.1. The summed E-state index contributed by atoms with van der Waals surface area (Å²) >= 11 is 1.53. The summed E-state index contributed by atoms with van der Waals surface area (Å²) in [6.45, 7) is 0. The van der Waals surface area contributed by atoms with Crippen molar-refractivity contribution in [3.8, 4) is 5.75 Å². The average molecular weight is 339 g/mol. The number of carbonyl (C=O) groups excluding carboxylic acids is 1. The third-order valence-corrected chi connectivity index (χ3v) is 4.61. The monoisotopic (exact) mass is 339 g/mol. The molecule has 0 spiro atoms. The minimum atomic E-state index is -0.282. The Morgan fingerprint density at radius 2 is 2.08 bits per heavy atom. The molecule has 6 heteroatoms.